The molecule has 0 saturated carbocycles. The second kappa shape index (κ2) is 3.88. The molecule has 0 fully saturated rings. The molecule has 0 amide bonds. The highest BCUT2D eigenvalue weighted by atomic mass is 16.5. The summed E-state index contributed by atoms with van der Waals surface area (Å²) in [5, 5.41) is 20.5. The molecule has 0 aromatic carbocycles. The average molecular weight is 148 g/mol. The minimum atomic E-state index is -1.64. The van der Waals surface area contributed by atoms with Gasteiger partial charge in [-0.15, -0.1) is 0 Å². The summed E-state index contributed by atoms with van der Waals surface area (Å²) in [6.45, 7) is 3.84. The van der Waals surface area contributed by atoms with Crippen molar-refractivity contribution in [1.29, 1.82) is 0 Å². The lowest BCUT2D eigenvalue weighted by Gasteiger charge is -2.19. The summed E-state index contributed by atoms with van der Waals surface area (Å²) in [6, 6.07) is 0.124. The van der Waals surface area contributed by atoms with E-state index in [-0.39, 0.29) is 12.6 Å². The van der Waals surface area contributed by atoms with Crippen LogP contribution in [-0.4, -0.2) is 35.1 Å². The number of rotatable bonds is 4. The smallest absolute Gasteiger partial charge is 0.172 e. The van der Waals surface area contributed by atoms with E-state index in [1.807, 2.05) is 6.92 Å². The molecular weight excluding hydrogens is 132 g/mol. The highest BCUT2D eigenvalue weighted by molar-refractivity contribution is 4.66. The van der Waals surface area contributed by atoms with Crippen molar-refractivity contribution in [1.82, 2.24) is 5.32 Å². The van der Waals surface area contributed by atoms with Crippen LogP contribution >= 0.6 is 0 Å². The third kappa shape index (κ3) is 5.97. The molecule has 4 heteroatoms. The maximum Gasteiger partial charge on any atom is 0.172 e. The Labute approximate surface area is 61.0 Å². The molecule has 1 atom stereocenters. The Hall–Kier alpha value is -0.160. The fourth-order valence-corrected chi connectivity index (χ4v) is 0.451. The van der Waals surface area contributed by atoms with E-state index in [0.717, 1.165) is 0 Å². The zero-order chi connectivity index (χ0) is 8.20. The normalized spacial score (nSPS) is 15.3. The monoisotopic (exact) mass is 148 g/mol. The van der Waals surface area contributed by atoms with Gasteiger partial charge in [0.05, 0.1) is 0 Å². The molecule has 0 aliphatic rings. The van der Waals surface area contributed by atoms with Gasteiger partial charge in [0, 0.05) is 19.1 Å². The van der Waals surface area contributed by atoms with Gasteiger partial charge in [-0.2, -0.15) is 0 Å². The van der Waals surface area contributed by atoms with Gasteiger partial charge in [-0.1, -0.05) is 0 Å². The fourth-order valence-electron chi connectivity index (χ4n) is 0.451. The first-order valence-electron chi connectivity index (χ1n) is 3.34. The van der Waals surface area contributed by atoms with Gasteiger partial charge in [-0.05, 0) is 13.8 Å². The van der Waals surface area contributed by atoms with E-state index in [1.165, 1.54) is 6.92 Å². The number of hydrogen-bond acceptors (Lipinski definition) is 4. The van der Waals surface area contributed by atoms with Crippen molar-refractivity contribution < 1.29 is 10.2 Å². The lowest BCUT2D eigenvalue weighted by Crippen LogP contribution is -2.43. The SMILES string of the molecule is CC(CN)NCC(C)(O)O. The predicted octanol–water partition coefficient (Wildman–Crippen LogP) is -1.38. The van der Waals surface area contributed by atoms with E-state index in [2.05, 4.69) is 5.32 Å². The maximum absolute atomic E-state index is 8.81. The Balaban J connectivity index is 3.36. The van der Waals surface area contributed by atoms with Crippen molar-refractivity contribution in [3.8, 4) is 0 Å². The molecular formula is C6H16N2O2. The van der Waals surface area contributed by atoms with Gasteiger partial charge in [0.15, 0.2) is 5.79 Å². The van der Waals surface area contributed by atoms with Crippen molar-refractivity contribution in [3.63, 3.8) is 0 Å². The standard InChI is InChI=1S/C6H16N2O2/c1-5(3-7)8-4-6(2,9)10/h5,8-10H,3-4,7H2,1-2H3. The molecule has 62 valence electrons. The summed E-state index contributed by atoms with van der Waals surface area (Å²) >= 11 is 0. The van der Waals surface area contributed by atoms with Crippen LogP contribution < -0.4 is 11.1 Å². The van der Waals surface area contributed by atoms with Gasteiger partial charge >= 0.3 is 0 Å². The zero-order valence-electron chi connectivity index (χ0n) is 6.46. The van der Waals surface area contributed by atoms with Crippen molar-refractivity contribution in [3.05, 3.63) is 0 Å². The third-order valence-corrected chi connectivity index (χ3v) is 1.14. The van der Waals surface area contributed by atoms with Crippen molar-refractivity contribution in [2.45, 2.75) is 25.7 Å². The molecule has 0 aliphatic carbocycles. The van der Waals surface area contributed by atoms with Gasteiger partial charge in [0.2, 0.25) is 0 Å². The second-order valence-corrected chi connectivity index (χ2v) is 2.73. The first-order valence-corrected chi connectivity index (χ1v) is 3.34. The van der Waals surface area contributed by atoms with Crippen molar-refractivity contribution in [2.24, 2.45) is 5.73 Å². The number of nitrogens with two attached hydrogens (primary N) is 1. The first-order chi connectivity index (χ1) is 4.45. The van der Waals surface area contributed by atoms with Crippen LogP contribution in [0.2, 0.25) is 0 Å². The molecule has 0 saturated heterocycles. The van der Waals surface area contributed by atoms with Crippen LogP contribution in [-0.2, 0) is 0 Å². The zero-order valence-corrected chi connectivity index (χ0v) is 6.46. The van der Waals surface area contributed by atoms with E-state index in [4.69, 9.17) is 15.9 Å². The van der Waals surface area contributed by atoms with Crippen LogP contribution in [0.1, 0.15) is 13.8 Å². The van der Waals surface area contributed by atoms with Crippen molar-refractivity contribution in [2.75, 3.05) is 13.1 Å². The van der Waals surface area contributed by atoms with Gasteiger partial charge in [-0.3, -0.25) is 0 Å². The molecule has 5 N–H and O–H groups in total. The minimum absolute atomic E-state index is 0.124. The molecule has 0 rings (SSSR count). The summed E-state index contributed by atoms with van der Waals surface area (Å²) < 4.78 is 0. The Bertz CT molecular complexity index is 90.2. The molecule has 0 aliphatic heterocycles. The highest BCUT2D eigenvalue weighted by Gasteiger charge is 2.14. The van der Waals surface area contributed by atoms with Gasteiger partial charge in [0.25, 0.3) is 0 Å². The largest absolute Gasteiger partial charge is 0.365 e. The second-order valence-electron chi connectivity index (χ2n) is 2.73. The molecule has 0 aromatic heterocycles. The van der Waals surface area contributed by atoms with E-state index in [0.29, 0.717) is 6.54 Å². The minimum Gasteiger partial charge on any atom is -0.365 e. The van der Waals surface area contributed by atoms with E-state index in [1.54, 1.807) is 0 Å². The number of aliphatic hydroxyl groups is 2. The Morgan fingerprint density at radius 2 is 2.10 bits per heavy atom. The van der Waals surface area contributed by atoms with Crippen LogP contribution in [0.4, 0.5) is 0 Å². The Kier molecular flexibility index (Phi) is 3.81. The van der Waals surface area contributed by atoms with Crippen LogP contribution in [0.15, 0.2) is 0 Å². The van der Waals surface area contributed by atoms with E-state index >= 15 is 0 Å². The Morgan fingerprint density at radius 1 is 1.60 bits per heavy atom. The number of nitrogens with one attached hydrogen (secondary N) is 1. The average Bonchev–Trinajstić information content (AvgIpc) is 1.81. The fraction of sp³-hybridized carbons (Fsp3) is 1.00. The molecule has 1 unspecified atom stereocenters. The van der Waals surface area contributed by atoms with Gasteiger partial charge in [0.1, 0.15) is 0 Å². The summed E-state index contributed by atoms with van der Waals surface area (Å²) in [4.78, 5) is 0. The first kappa shape index (κ1) is 9.84. The van der Waals surface area contributed by atoms with Crippen LogP contribution in [0, 0.1) is 0 Å². The molecule has 0 aromatic rings. The molecule has 0 spiro atoms. The quantitative estimate of drug-likeness (QED) is 0.371. The Morgan fingerprint density at radius 3 is 2.40 bits per heavy atom. The maximum atomic E-state index is 8.81. The highest BCUT2D eigenvalue weighted by Crippen LogP contribution is 1.93. The molecule has 4 nitrogen and oxygen atoms in total. The molecule has 0 heterocycles. The summed E-state index contributed by atoms with van der Waals surface area (Å²) in [5.74, 6) is -1.64. The predicted molar refractivity (Wildman–Crippen MR) is 39.4 cm³/mol. The van der Waals surface area contributed by atoms with Crippen LogP contribution in [0.3, 0.4) is 0 Å². The third-order valence-electron chi connectivity index (χ3n) is 1.14. The molecule has 10 heavy (non-hydrogen) atoms. The lowest BCUT2D eigenvalue weighted by atomic mass is 10.3. The molecule has 0 radical (unpaired) electrons. The number of hydrogen-bond donors (Lipinski definition) is 4. The van der Waals surface area contributed by atoms with E-state index < -0.39 is 5.79 Å². The summed E-state index contributed by atoms with van der Waals surface area (Å²) in [7, 11) is 0. The van der Waals surface area contributed by atoms with Gasteiger partial charge in [-0.25, -0.2) is 0 Å². The summed E-state index contributed by atoms with van der Waals surface area (Å²) in [6.07, 6.45) is 0. The van der Waals surface area contributed by atoms with Crippen LogP contribution in [0.5, 0.6) is 0 Å². The summed E-state index contributed by atoms with van der Waals surface area (Å²) in [5.41, 5.74) is 5.28. The van der Waals surface area contributed by atoms with Gasteiger partial charge < -0.3 is 21.3 Å². The molecule has 0 bridgehead atoms. The lowest BCUT2D eigenvalue weighted by molar-refractivity contribution is -0.141. The van der Waals surface area contributed by atoms with Crippen molar-refractivity contribution >= 4 is 0 Å². The topological polar surface area (TPSA) is 78.5 Å². The van der Waals surface area contributed by atoms with E-state index in [9.17, 15) is 0 Å². The van der Waals surface area contributed by atoms with Crippen LogP contribution in [0.25, 0.3) is 0 Å².